The van der Waals surface area contributed by atoms with Gasteiger partial charge in [-0.3, -0.25) is 4.79 Å². The smallest absolute Gasteiger partial charge is 0.419 e. The number of alkyl halides is 3. The minimum Gasteiger partial charge on any atom is -0.483 e. The van der Waals surface area contributed by atoms with Gasteiger partial charge in [0.25, 0.3) is 5.91 Å². The summed E-state index contributed by atoms with van der Waals surface area (Å²) in [6.45, 7) is 0.726. The van der Waals surface area contributed by atoms with Gasteiger partial charge in [0.05, 0.1) is 5.56 Å². The van der Waals surface area contributed by atoms with E-state index < -0.39 is 42.0 Å². The van der Waals surface area contributed by atoms with E-state index >= 15 is 0 Å². The zero-order valence-corrected chi connectivity index (χ0v) is 12.3. The van der Waals surface area contributed by atoms with E-state index in [1.807, 2.05) is 0 Å². The van der Waals surface area contributed by atoms with Crippen LogP contribution in [0.25, 0.3) is 0 Å². The van der Waals surface area contributed by atoms with Crippen LogP contribution in [0.15, 0.2) is 24.3 Å². The van der Waals surface area contributed by atoms with Crippen molar-refractivity contribution in [3.8, 4) is 5.75 Å². The average molecular weight is 331 g/mol. The third-order valence-corrected chi connectivity index (χ3v) is 3.55. The topological polar surface area (TPSA) is 66.8 Å². The van der Waals surface area contributed by atoms with Crippen LogP contribution in [0.1, 0.15) is 25.3 Å². The molecule has 0 aromatic heterocycles. The normalized spacial score (nSPS) is 15.8. The molecule has 1 aromatic rings. The molecule has 1 aromatic carbocycles. The molecule has 1 N–H and O–H groups in total. The number of hydrogen-bond acceptors (Lipinski definition) is 3. The van der Waals surface area contributed by atoms with Crippen molar-refractivity contribution in [1.29, 1.82) is 0 Å². The Bertz CT molecular complexity index is 599. The monoisotopic (exact) mass is 331 g/mol. The molecule has 1 amide bonds. The van der Waals surface area contributed by atoms with E-state index in [9.17, 15) is 22.8 Å². The first kappa shape index (κ1) is 17.1. The number of carboxylic acids is 1. The van der Waals surface area contributed by atoms with Crippen molar-refractivity contribution >= 4 is 11.9 Å². The quantitative estimate of drug-likeness (QED) is 0.870. The highest BCUT2D eigenvalue weighted by molar-refractivity contribution is 5.84. The van der Waals surface area contributed by atoms with Crippen molar-refractivity contribution in [2.45, 2.75) is 38.0 Å². The second-order valence-corrected chi connectivity index (χ2v) is 5.33. The molecule has 0 aliphatic heterocycles. The molecule has 1 aliphatic rings. The summed E-state index contributed by atoms with van der Waals surface area (Å²) < 4.78 is 43.6. The Morgan fingerprint density at radius 3 is 2.48 bits per heavy atom. The zero-order chi connectivity index (χ0) is 17.2. The predicted molar refractivity (Wildman–Crippen MR) is 73.9 cm³/mol. The van der Waals surface area contributed by atoms with Gasteiger partial charge < -0.3 is 14.7 Å². The number of para-hydroxylation sites is 1. The van der Waals surface area contributed by atoms with Crippen molar-refractivity contribution in [1.82, 2.24) is 4.90 Å². The van der Waals surface area contributed by atoms with E-state index in [0.29, 0.717) is 12.8 Å². The number of aliphatic carboxylic acids is 1. The molecule has 0 bridgehead atoms. The summed E-state index contributed by atoms with van der Waals surface area (Å²) in [5, 5.41) is 9.03. The zero-order valence-electron chi connectivity index (χ0n) is 12.3. The maximum Gasteiger partial charge on any atom is 0.419 e. The van der Waals surface area contributed by atoms with Gasteiger partial charge in [-0.1, -0.05) is 12.1 Å². The van der Waals surface area contributed by atoms with Gasteiger partial charge in [-0.05, 0) is 31.9 Å². The van der Waals surface area contributed by atoms with Crippen LogP contribution in [0.5, 0.6) is 5.75 Å². The van der Waals surface area contributed by atoms with Gasteiger partial charge in [-0.25, -0.2) is 4.79 Å². The Kier molecular flexibility index (Phi) is 4.82. The van der Waals surface area contributed by atoms with Crippen molar-refractivity contribution in [2.75, 3.05) is 6.61 Å². The van der Waals surface area contributed by atoms with Gasteiger partial charge in [-0.2, -0.15) is 13.2 Å². The number of carbonyl (C=O) groups is 2. The standard InChI is InChI=1S/C15H16F3NO4/c1-9(14(21)22)19(10-6-7-10)13(20)8-23-12-5-3-2-4-11(12)15(16,17)18/h2-5,9-10H,6-8H2,1H3,(H,21,22). The molecule has 0 spiro atoms. The summed E-state index contributed by atoms with van der Waals surface area (Å²) in [5.74, 6) is -2.26. The molecule has 23 heavy (non-hydrogen) atoms. The molecule has 5 nitrogen and oxygen atoms in total. The second-order valence-electron chi connectivity index (χ2n) is 5.33. The summed E-state index contributed by atoms with van der Waals surface area (Å²) in [6, 6.07) is 3.34. The lowest BCUT2D eigenvalue weighted by Gasteiger charge is -2.26. The van der Waals surface area contributed by atoms with E-state index in [0.717, 1.165) is 12.1 Å². The lowest BCUT2D eigenvalue weighted by molar-refractivity contribution is -0.151. The molecule has 126 valence electrons. The lowest BCUT2D eigenvalue weighted by Crippen LogP contribution is -2.46. The van der Waals surface area contributed by atoms with Crippen LogP contribution in [-0.4, -0.2) is 40.6 Å². The fraction of sp³-hybridized carbons (Fsp3) is 0.467. The Morgan fingerprint density at radius 2 is 1.96 bits per heavy atom. The molecule has 1 atom stereocenters. The SMILES string of the molecule is CC(C(=O)O)N(C(=O)COc1ccccc1C(F)(F)F)C1CC1. The predicted octanol–water partition coefficient (Wildman–Crippen LogP) is 2.55. The summed E-state index contributed by atoms with van der Waals surface area (Å²) >= 11 is 0. The molecular formula is C15H16F3NO4. The lowest BCUT2D eigenvalue weighted by atomic mass is 10.2. The minimum atomic E-state index is -4.59. The number of hydrogen-bond donors (Lipinski definition) is 1. The van der Waals surface area contributed by atoms with Crippen LogP contribution in [0.2, 0.25) is 0 Å². The fourth-order valence-electron chi connectivity index (χ4n) is 2.25. The van der Waals surface area contributed by atoms with Gasteiger partial charge in [0, 0.05) is 6.04 Å². The Hall–Kier alpha value is -2.25. The number of rotatable bonds is 6. The van der Waals surface area contributed by atoms with Crippen molar-refractivity contribution in [3.63, 3.8) is 0 Å². The molecule has 0 radical (unpaired) electrons. The van der Waals surface area contributed by atoms with Crippen LogP contribution in [0.4, 0.5) is 13.2 Å². The van der Waals surface area contributed by atoms with Gasteiger partial charge >= 0.3 is 12.1 Å². The molecule has 1 fully saturated rings. The molecule has 1 saturated carbocycles. The molecule has 2 rings (SSSR count). The average Bonchev–Trinajstić information content (AvgIpc) is 3.29. The molecule has 1 aliphatic carbocycles. The van der Waals surface area contributed by atoms with E-state index in [-0.39, 0.29) is 6.04 Å². The first-order valence-electron chi connectivity index (χ1n) is 7.05. The van der Waals surface area contributed by atoms with Crippen LogP contribution in [0.3, 0.4) is 0 Å². The third-order valence-electron chi connectivity index (χ3n) is 3.55. The number of carboxylic acid groups (broad SMARTS) is 1. The number of carbonyl (C=O) groups excluding carboxylic acids is 1. The van der Waals surface area contributed by atoms with Crippen LogP contribution in [-0.2, 0) is 15.8 Å². The highest BCUT2D eigenvalue weighted by Crippen LogP contribution is 2.36. The van der Waals surface area contributed by atoms with Gasteiger partial charge in [0.2, 0.25) is 0 Å². The third kappa shape index (κ3) is 4.14. The van der Waals surface area contributed by atoms with Gasteiger partial charge in [0.15, 0.2) is 6.61 Å². The van der Waals surface area contributed by atoms with Crippen LogP contribution < -0.4 is 4.74 Å². The Labute approximate surface area is 130 Å². The highest BCUT2D eigenvalue weighted by atomic mass is 19.4. The number of halogens is 3. The van der Waals surface area contributed by atoms with Crippen molar-refractivity contribution < 1.29 is 32.6 Å². The minimum absolute atomic E-state index is 0.185. The number of benzene rings is 1. The van der Waals surface area contributed by atoms with E-state index in [1.54, 1.807) is 0 Å². The van der Waals surface area contributed by atoms with E-state index in [2.05, 4.69) is 0 Å². The highest BCUT2D eigenvalue weighted by Gasteiger charge is 2.39. The number of ether oxygens (including phenoxy) is 1. The summed E-state index contributed by atoms with van der Waals surface area (Å²) in [6.07, 6.45) is -3.23. The molecule has 0 heterocycles. The number of amides is 1. The van der Waals surface area contributed by atoms with Gasteiger partial charge in [-0.15, -0.1) is 0 Å². The largest absolute Gasteiger partial charge is 0.483 e. The number of nitrogens with zero attached hydrogens (tertiary/aromatic N) is 1. The fourth-order valence-corrected chi connectivity index (χ4v) is 2.25. The maximum absolute atomic E-state index is 12.9. The summed E-state index contributed by atoms with van der Waals surface area (Å²) in [5.41, 5.74) is -0.975. The molecule has 8 heteroatoms. The van der Waals surface area contributed by atoms with Crippen LogP contribution >= 0.6 is 0 Å². The Balaban J connectivity index is 2.08. The molecular weight excluding hydrogens is 315 g/mol. The van der Waals surface area contributed by atoms with Gasteiger partial charge in [0.1, 0.15) is 11.8 Å². The second kappa shape index (κ2) is 6.47. The first-order chi connectivity index (χ1) is 10.7. The van der Waals surface area contributed by atoms with Crippen molar-refractivity contribution in [2.24, 2.45) is 0 Å². The molecule has 1 unspecified atom stereocenters. The Morgan fingerprint density at radius 1 is 1.35 bits per heavy atom. The maximum atomic E-state index is 12.9. The van der Waals surface area contributed by atoms with Crippen LogP contribution in [0, 0.1) is 0 Å². The van der Waals surface area contributed by atoms with Crippen molar-refractivity contribution in [3.05, 3.63) is 29.8 Å². The van der Waals surface area contributed by atoms with E-state index in [1.165, 1.54) is 24.0 Å². The van der Waals surface area contributed by atoms with E-state index in [4.69, 9.17) is 9.84 Å². The first-order valence-corrected chi connectivity index (χ1v) is 7.05. The summed E-state index contributed by atoms with van der Waals surface area (Å²) in [4.78, 5) is 24.4. The summed E-state index contributed by atoms with van der Waals surface area (Å²) in [7, 11) is 0. The molecule has 0 saturated heterocycles.